The molecule has 0 aliphatic carbocycles. The Kier molecular flexibility index (Phi) is 7.30. The van der Waals surface area contributed by atoms with Crippen LogP contribution in [0.2, 0.25) is 5.02 Å². The van der Waals surface area contributed by atoms with E-state index < -0.39 is 24.9 Å². The number of anilines is 2. The Balaban J connectivity index is 1.84. The molecule has 4 rings (SSSR count). The van der Waals surface area contributed by atoms with E-state index in [0.29, 0.717) is 27.8 Å². The summed E-state index contributed by atoms with van der Waals surface area (Å²) in [4.78, 5) is 39.2. The number of hydrogen-bond acceptors (Lipinski definition) is 8. The van der Waals surface area contributed by atoms with E-state index in [1.54, 1.807) is 25.1 Å². The zero-order chi connectivity index (χ0) is 26.9. The molecular formula is C24H22ClF2N7O3. The first-order valence-corrected chi connectivity index (χ1v) is 11.5. The average molecular weight is 530 g/mol. The number of rotatable bonds is 8. The fourth-order valence-electron chi connectivity index (χ4n) is 4.10. The highest BCUT2D eigenvalue weighted by Gasteiger charge is 2.33. The summed E-state index contributed by atoms with van der Waals surface area (Å²) < 4.78 is 31.7. The maximum Gasteiger partial charge on any atom is 0.268 e. The van der Waals surface area contributed by atoms with Gasteiger partial charge in [0.05, 0.1) is 28.5 Å². The fourth-order valence-corrected chi connectivity index (χ4v) is 4.20. The van der Waals surface area contributed by atoms with E-state index in [-0.39, 0.29) is 47.1 Å². The number of halogens is 3. The summed E-state index contributed by atoms with van der Waals surface area (Å²) in [5.41, 5.74) is 12.6. The molecule has 37 heavy (non-hydrogen) atoms. The number of pyridine rings is 1. The Hall–Kier alpha value is -4.19. The number of aryl methyl sites for hydroxylation is 1. The lowest BCUT2D eigenvalue weighted by Crippen LogP contribution is -2.44. The number of benzene rings is 1. The molecule has 10 nitrogen and oxygen atoms in total. The van der Waals surface area contributed by atoms with Crippen LogP contribution in [-0.4, -0.2) is 45.5 Å². The standard InChI is InChI=1S/C24H22ClF2N7O3/c1-11-24(36)34(10-19-31-8-13(25)9-32-19)16-4-2-12(6-17(16)37-11)20-14(7-28)22(29)33-15(3-5-18(26)27)21(20)23(30)35/h2,4,6-9,11,18,28H,3,5,10H2,1H3,(H2,29,33)(H2,30,35). The summed E-state index contributed by atoms with van der Waals surface area (Å²) in [6.07, 6.45) is -0.508. The quantitative estimate of drug-likeness (QED) is 0.377. The molecule has 3 aromatic rings. The molecule has 1 aliphatic heterocycles. The summed E-state index contributed by atoms with van der Waals surface area (Å²) in [6, 6.07) is 4.75. The largest absolute Gasteiger partial charge is 0.479 e. The van der Waals surface area contributed by atoms with Gasteiger partial charge >= 0.3 is 0 Å². The van der Waals surface area contributed by atoms with Gasteiger partial charge in [-0.1, -0.05) is 17.7 Å². The Labute approximate surface area is 215 Å². The van der Waals surface area contributed by atoms with Crippen molar-refractivity contribution in [2.45, 2.75) is 38.8 Å². The summed E-state index contributed by atoms with van der Waals surface area (Å²) >= 11 is 5.86. The highest BCUT2D eigenvalue weighted by Crippen LogP contribution is 2.41. The van der Waals surface area contributed by atoms with Crippen LogP contribution in [-0.2, 0) is 17.8 Å². The van der Waals surface area contributed by atoms with Gasteiger partial charge < -0.3 is 21.6 Å². The third kappa shape index (κ3) is 5.19. The molecular weight excluding hydrogens is 508 g/mol. The number of amides is 2. The van der Waals surface area contributed by atoms with Gasteiger partial charge in [-0.25, -0.2) is 23.7 Å². The van der Waals surface area contributed by atoms with Gasteiger partial charge in [-0.15, -0.1) is 0 Å². The minimum absolute atomic E-state index is 0.00889. The highest BCUT2D eigenvalue weighted by atomic mass is 35.5. The van der Waals surface area contributed by atoms with E-state index in [9.17, 15) is 18.4 Å². The van der Waals surface area contributed by atoms with Gasteiger partial charge in [0.25, 0.3) is 11.8 Å². The van der Waals surface area contributed by atoms with Crippen LogP contribution in [0, 0.1) is 5.41 Å². The van der Waals surface area contributed by atoms with Crippen LogP contribution < -0.4 is 21.1 Å². The number of alkyl halides is 2. The molecule has 1 aromatic carbocycles. The molecule has 0 spiro atoms. The molecule has 2 aromatic heterocycles. The first kappa shape index (κ1) is 25.9. The van der Waals surface area contributed by atoms with E-state index >= 15 is 0 Å². The number of nitrogens with one attached hydrogen (secondary N) is 1. The van der Waals surface area contributed by atoms with Crippen LogP contribution in [0.1, 0.15) is 40.8 Å². The fraction of sp³-hybridized carbons (Fsp3) is 0.250. The number of ether oxygens (including phenoxy) is 1. The normalized spacial score (nSPS) is 14.9. The molecule has 3 heterocycles. The Morgan fingerprint density at radius 2 is 2.03 bits per heavy atom. The van der Waals surface area contributed by atoms with E-state index in [1.165, 1.54) is 17.3 Å². The van der Waals surface area contributed by atoms with E-state index in [1.807, 2.05) is 0 Å². The molecule has 1 unspecified atom stereocenters. The minimum Gasteiger partial charge on any atom is -0.479 e. The lowest BCUT2D eigenvalue weighted by molar-refractivity contribution is -0.125. The first-order valence-electron chi connectivity index (χ1n) is 11.1. The summed E-state index contributed by atoms with van der Waals surface area (Å²) in [6.45, 7) is 1.63. The minimum atomic E-state index is -2.62. The van der Waals surface area contributed by atoms with Crippen LogP contribution in [0.4, 0.5) is 20.3 Å². The maximum absolute atomic E-state index is 12.9. The van der Waals surface area contributed by atoms with Gasteiger partial charge in [0.15, 0.2) is 6.10 Å². The smallest absolute Gasteiger partial charge is 0.268 e. The van der Waals surface area contributed by atoms with Crippen molar-refractivity contribution in [2.24, 2.45) is 5.73 Å². The van der Waals surface area contributed by atoms with Gasteiger partial charge in [0.1, 0.15) is 17.4 Å². The summed E-state index contributed by atoms with van der Waals surface area (Å²) in [5, 5.41) is 8.20. The van der Waals surface area contributed by atoms with E-state index in [2.05, 4.69) is 15.0 Å². The van der Waals surface area contributed by atoms with Crippen molar-refractivity contribution < 1.29 is 23.1 Å². The number of nitrogen functional groups attached to an aromatic ring is 1. The molecule has 1 atom stereocenters. The van der Waals surface area contributed by atoms with E-state index in [0.717, 1.165) is 6.21 Å². The zero-order valence-electron chi connectivity index (χ0n) is 19.5. The predicted molar refractivity (Wildman–Crippen MR) is 133 cm³/mol. The predicted octanol–water partition coefficient (Wildman–Crippen LogP) is 3.38. The number of carbonyl (C=O) groups excluding carboxylic acids is 2. The molecule has 0 bridgehead atoms. The van der Waals surface area contributed by atoms with Crippen molar-refractivity contribution in [3.8, 4) is 16.9 Å². The van der Waals surface area contributed by atoms with Crippen LogP contribution in [0.5, 0.6) is 5.75 Å². The molecule has 5 N–H and O–H groups in total. The second kappa shape index (κ2) is 10.4. The second-order valence-corrected chi connectivity index (χ2v) is 8.67. The molecule has 192 valence electrons. The van der Waals surface area contributed by atoms with Gasteiger partial charge in [-0.2, -0.15) is 0 Å². The third-order valence-electron chi connectivity index (χ3n) is 5.76. The summed E-state index contributed by atoms with van der Waals surface area (Å²) in [5.74, 6) is -0.676. The molecule has 2 amide bonds. The zero-order valence-corrected chi connectivity index (χ0v) is 20.3. The molecule has 0 fully saturated rings. The SMILES string of the molecule is CC1Oc2cc(-c3c(C=N)c(N)nc(CCC(F)F)c3C(N)=O)ccc2N(Cc2ncc(Cl)cn2)C1=O. The average Bonchev–Trinajstić information content (AvgIpc) is 2.85. The van der Waals surface area contributed by atoms with Crippen LogP contribution in [0.3, 0.4) is 0 Å². The topological polar surface area (TPSA) is 161 Å². The summed E-state index contributed by atoms with van der Waals surface area (Å²) in [7, 11) is 0. The Morgan fingerprint density at radius 1 is 1.32 bits per heavy atom. The molecule has 0 radical (unpaired) electrons. The Morgan fingerprint density at radius 3 is 2.65 bits per heavy atom. The molecule has 0 saturated carbocycles. The maximum atomic E-state index is 12.9. The number of hydrogen-bond donors (Lipinski definition) is 3. The number of nitrogens with zero attached hydrogens (tertiary/aromatic N) is 4. The van der Waals surface area contributed by atoms with Gasteiger partial charge in [-0.05, 0) is 31.0 Å². The number of fused-ring (bicyclic) bond motifs is 1. The van der Waals surface area contributed by atoms with Crippen molar-refractivity contribution in [1.29, 1.82) is 5.41 Å². The van der Waals surface area contributed by atoms with Crippen LogP contribution >= 0.6 is 11.6 Å². The highest BCUT2D eigenvalue weighted by molar-refractivity contribution is 6.30. The van der Waals surface area contributed by atoms with Crippen molar-refractivity contribution in [1.82, 2.24) is 15.0 Å². The first-order chi connectivity index (χ1) is 17.6. The molecule has 13 heteroatoms. The lowest BCUT2D eigenvalue weighted by atomic mass is 9.91. The van der Waals surface area contributed by atoms with Gasteiger partial charge in [0, 0.05) is 36.2 Å². The van der Waals surface area contributed by atoms with Crippen LogP contribution in [0.15, 0.2) is 30.6 Å². The van der Waals surface area contributed by atoms with E-state index in [4.69, 9.17) is 33.2 Å². The van der Waals surface area contributed by atoms with Crippen molar-refractivity contribution in [2.75, 3.05) is 10.6 Å². The van der Waals surface area contributed by atoms with Crippen LogP contribution in [0.25, 0.3) is 11.1 Å². The number of primary amides is 1. The number of nitrogens with two attached hydrogens (primary N) is 2. The third-order valence-corrected chi connectivity index (χ3v) is 5.95. The van der Waals surface area contributed by atoms with Crippen molar-refractivity contribution >= 4 is 41.1 Å². The lowest BCUT2D eigenvalue weighted by Gasteiger charge is -2.33. The van der Waals surface area contributed by atoms with Crippen molar-refractivity contribution in [3.63, 3.8) is 0 Å². The monoisotopic (exact) mass is 529 g/mol. The molecule has 0 saturated heterocycles. The Bertz CT molecular complexity index is 1390. The van der Waals surface area contributed by atoms with Crippen molar-refractivity contribution in [3.05, 3.63) is 58.3 Å². The van der Waals surface area contributed by atoms with Gasteiger partial charge in [0.2, 0.25) is 6.43 Å². The molecule has 1 aliphatic rings. The number of carbonyl (C=O) groups is 2. The van der Waals surface area contributed by atoms with Gasteiger partial charge in [-0.3, -0.25) is 14.5 Å². The second-order valence-electron chi connectivity index (χ2n) is 8.23. The number of aromatic nitrogens is 3.